The first-order valence-corrected chi connectivity index (χ1v) is 8.36. The summed E-state index contributed by atoms with van der Waals surface area (Å²) in [5.41, 5.74) is 1.60. The van der Waals surface area contributed by atoms with Crippen LogP contribution in [0.25, 0.3) is 0 Å². The summed E-state index contributed by atoms with van der Waals surface area (Å²) in [4.78, 5) is 20.5. The van der Waals surface area contributed by atoms with Gasteiger partial charge in [0.05, 0.1) is 31.2 Å². The van der Waals surface area contributed by atoms with Crippen LogP contribution in [0.2, 0.25) is 5.02 Å². The van der Waals surface area contributed by atoms with E-state index >= 15 is 0 Å². The number of nitrogens with zero attached hydrogens (tertiary/aromatic N) is 2. The van der Waals surface area contributed by atoms with Crippen molar-refractivity contribution in [2.24, 2.45) is 0 Å². The van der Waals surface area contributed by atoms with Crippen LogP contribution in [0.1, 0.15) is 10.4 Å². The van der Waals surface area contributed by atoms with E-state index in [1.165, 1.54) is 7.11 Å². The third-order valence-electron chi connectivity index (χ3n) is 3.66. The van der Waals surface area contributed by atoms with E-state index in [0.717, 1.165) is 0 Å². The minimum atomic E-state index is -0.448. The molecular weight excluding hydrogens is 368 g/mol. The third kappa shape index (κ3) is 4.45. The maximum atomic E-state index is 11.9. The van der Waals surface area contributed by atoms with Gasteiger partial charge in [-0.2, -0.15) is 4.98 Å². The molecule has 0 aliphatic heterocycles. The van der Waals surface area contributed by atoms with Crippen molar-refractivity contribution in [1.82, 2.24) is 9.97 Å². The van der Waals surface area contributed by atoms with Gasteiger partial charge < -0.3 is 20.1 Å². The molecule has 0 saturated carbocycles. The average Bonchev–Trinajstić information content (AvgIpc) is 2.68. The molecule has 0 spiro atoms. The number of carbonyl (C=O) groups excluding carboxylic acids is 1. The molecule has 2 N–H and O–H groups in total. The molecule has 3 aromatic rings. The summed E-state index contributed by atoms with van der Waals surface area (Å²) in [5.74, 6) is 1.03. The highest BCUT2D eigenvalue weighted by Gasteiger charge is 2.12. The molecule has 0 unspecified atom stereocenters. The van der Waals surface area contributed by atoms with Crippen molar-refractivity contribution in [2.45, 2.75) is 0 Å². The number of nitrogens with one attached hydrogen (secondary N) is 2. The van der Waals surface area contributed by atoms with Gasteiger partial charge in [0.15, 0.2) is 0 Å². The molecule has 27 heavy (non-hydrogen) atoms. The van der Waals surface area contributed by atoms with E-state index in [4.69, 9.17) is 21.1 Å². The lowest BCUT2D eigenvalue weighted by Gasteiger charge is -2.13. The maximum Gasteiger partial charge on any atom is 0.339 e. The van der Waals surface area contributed by atoms with Gasteiger partial charge in [0.1, 0.15) is 11.6 Å². The van der Waals surface area contributed by atoms with Crippen molar-refractivity contribution < 1.29 is 14.3 Å². The van der Waals surface area contributed by atoms with Gasteiger partial charge >= 0.3 is 5.97 Å². The number of benzene rings is 2. The normalized spacial score (nSPS) is 10.2. The van der Waals surface area contributed by atoms with Crippen LogP contribution < -0.4 is 15.4 Å². The highest BCUT2D eigenvalue weighted by molar-refractivity contribution is 6.31. The van der Waals surface area contributed by atoms with Gasteiger partial charge in [-0.25, -0.2) is 9.78 Å². The second-order valence-corrected chi connectivity index (χ2v) is 5.83. The standard InChI is InChI=1S/C19H17ClN4O3/c1-26-16-8-7-12(20)11-15(16)22-17-9-10-21-19(24-17)23-14-6-4-3-5-13(14)18(25)27-2/h3-11H,1-2H3,(H2,21,22,23,24). The second kappa shape index (κ2) is 8.37. The highest BCUT2D eigenvalue weighted by Crippen LogP contribution is 2.30. The molecule has 0 saturated heterocycles. The van der Waals surface area contributed by atoms with Gasteiger partial charge in [0.25, 0.3) is 0 Å². The van der Waals surface area contributed by atoms with Crippen molar-refractivity contribution in [1.29, 1.82) is 0 Å². The Labute approximate surface area is 161 Å². The average molecular weight is 385 g/mol. The van der Waals surface area contributed by atoms with E-state index in [2.05, 4.69) is 20.6 Å². The fraction of sp³-hybridized carbons (Fsp3) is 0.105. The van der Waals surface area contributed by atoms with Crippen molar-refractivity contribution in [3.63, 3.8) is 0 Å². The molecule has 0 aliphatic carbocycles. The summed E-state index contributed by atoms with van der Waals surface area (Å²) >= 11 is 6.05. The number of anilines is 4. The molecule has 0 radical (unpaired) electrons. The van der Waals surface area contributed by atoms with Gasteiger partial charge in [-0.1, -0.05) is 23.7 Å². The van der Waals surface area contributed by atoms with E-state index in [-0.39, 0.29) is 0 Å². The van der Waals surface area contributed by atoms with Crippen LogP contribution in [0, 0.1) is 0 Å². The largest absolute Gasteiger partial charge is 0.495 e. The molecule has 0 amide bonds. The minimum absolute atomic E-state index is 0.317. The van der Waals surface area contributed by atoms with Gasteiger partial charge in [-0.05, 0) is 36.4 Å². The van der Waals surface area contributed by atoms with Gasteiger partial charge in [-0.15, -0.1) is 0 Å². The number of halogens is 1. The second-order valence-electron chi connectivity index (χ2n) is 5.40. The molecule has 0 aliphatic rings. The van der Waals surface area contributed by atoms with Crippen molar-refractivity contribution >= 4 is 40.7 Å². The van der Waals surface area contributed by atoms with Crippen molar-refractivity contribution in [2.75, 3.05) is 24.9 Å². The Morgan fingerprint density at radius 3 is 2.63 bits per heavy atom. The number of hydrogen-bond acceptors (Lipinski definition) is 7. The summed E-state index contributed by atoms with van der Waals surface area (Å²) in [6.45, 7) is 0. The van der Waals surface area contributed by atoms with Crippen LogP contribution in [0.15, 0.2) is 54.7 Å². The quantitative estimate of drug-likeness (QED) is 0.608. The molecule has 7 nitrogen and oxygen atoms in total. The number of hydrogen-bond donors (Lipinski definition) is 2. The maximum absolute atomic E-state index is 11.9. The lowest BCUT2D eigenvalue weighted by Crippen LogP contribution is -2.07. The van der Waals surface area contributed by atoms with Crippen molar-refractivity contribution in [3.8, 4) is 5.75 Å². The molecule has 3 rings (SSSR count). The van der Waals surface area contributed by atoms with Crippen LogP contribution in [0.3, 0.4) is 0 Å². The van der Waals surface area contributed by atoms with Crippen molar-refractivity contribution in [3.05, 3.63) is 65.3 Å². The van der Waals surface area contributed by atoms with Gasteiger partial charge in [0.2, 0.25) is 5.95 Å². The predicted octanol–water partition coefficient (Wildman–Crippen LogP) is 4.41. The van der Waals surface area contributed by atoms with Gasteiger partial charge in [0, 0.05) is 11.2 Å². The number of esters is 1. The molecule has 0 fully saturated rings. The molecule has 1 heterocycles. The Kier molecular flexibility index (Phi) is 5.73. The number of para-hydroxylation sites is 1. The van der Waals surface area contributed by atoms with Crippen LogP contribution in [-0.4, -0.2) is 30.2 Å². The van der Waals surface area contributed by atoms with E-state index < -0.39 is 5.97 Å². The first-order valence-electron chi connectivity index (χ1n) is 7.98. The Balaban J connectivity index is 1.85. The third-order valence-corrected chi connectivity index (χ3v) is 3.89. The van der Waals surface area contributed by atoms with E-state index in [0.29, 0.717) is 39.5 Å². The SMILES string of the molecule is COC(=O)c1ccccc1Nc1nccc(Nc2cc(Cl)ccc2OC)n1. The van der Waals surface area contributed by atoms with Crippen LogP contribution in [0.4, 0.5) is 23.1 Å². The number of ether oxygens (including phenoxy) is 2. The fourth-order valence-electron chi connectivity index (χ4n) is 2.40. The topological polar surface area (TPSA) is 85.4 Å². The summed E-state index contributed by atoms with van der Waals surface area (Å²) in [6.07, 6.45) is 1.59. The van der Waals surface area contributed by atoms with E-state index in [1.807, 2.05) is 0 Å². The predicted molar refractivity (Wildman–Crippen MR) is 104 cm³/mol. The zero-order chi connectivity index (χ0) is 19.2. The highest BCUT2D eigenvalue weighted by atomic mass is 35.5. The molecule has 138 valence electrons. The first-order chi connectivity index (χ1) is 13.1. The summed E-state index contributed by atoms with van der Waals surface area (Å²) in [5, 5.41) is 6.75. The summed E-state index contributed by atoms with van der Waals surface area (Å²) in [6, 6.07) is 13.9. The minimum Gasteiger partial charge on any atom is -0.495 e. The Hall–Kier alpha value is -3.32. The monoisotopic (exact) mass is 384 g/mol. The number of aromatic nitrogens is 2. The molecule has 0 atom stereocenters. The Bertz CT molecular complexity index is 965. The van der Waals surface area contributed by atoms with Crippen LogP contribution in [-0.2, 0) is 4.74 Å². The van der Waals surface area contributed by atoms with E-state index in [9.17, 15) is 4.79 Å². The smallest absolute Gasteiger partial charge is 0.339 e. The lowest BCUT2D eigenvalue weighted by molar-refractivity contribution is 0.0602. The number of rotatable bonds is 6. The van der Waals surface area contributed by atoms with E-state index in [1.54, 1.807) is 61.8 Å². The molecule has 0 bridgehead atoms. The van der Waals surface area contributed by atoms with Gasteiger partial charge in [-0.3, -0.25) is 0 Å². The number of methoxy groups -OCH3 is 2. The number of carbonyl (C=O) groups is 1. The Morgan fingerprint density at radius 2 is 1.85 bits per heavy atom. The molecule has 1 aromatic heterocycles. The first kappa shape index (κ1) is 18.5. The van der Waals surface area contributed by atoms with Crippen LogP contribution in [0.5, 0.6) is 5.75 Å². The lowest BCUT2D eigenvalue weighted by atomic mass is 10.2. The molecule has 8 heteroatoms. The summed E-state index contributed by atoms with van der Waals surface area (Å²) < 4.78 is 10.1. The van der Waals surface area contributed by atoms with Crippen LogP contribution >= 0.6 is 11.6 Å². The zero-order valence-corrected chi connectivity index (χ0v) is 15.4. The summed E-state index contributed by atoms with van der Waals surface area (Å²) in [7, 11) is 2.91. The molecular formula is C19H17ClN4O3. The zero-order valence-electron chi connectivity index (χ0n) is 14.7. The molecule has 2 aromatic carbocycles. The fourth-order valence-corrected chi connectivity index (χ4v) is 2.58. The Morgan fingerprint density at radius 1 is 1.04 bits per heavy atom.